The van der Waals surface area contributed by atoms with Crippen molar-refractivity contribution in [2.24, 2.45) is 0 Å². The summed E-state index contributed by atoms with van der Waals surface area (Å²) in [6.07, 6.45) is 5.96. The molecule has 0 atom stereocenters. The first-order chi connectivity index (χ1) is 7.30. The van der Waals surface area contributed by atoms with E-state index in [4.69, 9.17) is 0 Å². The van der Waals surface area contributed by atoms with Gasteiger partial charge in [-0.2, -0.15) is 0 Å². The largest absolute Gasteiger partial charge is 0 e. The number of rotatable bonds is 0. The molecule has 1 aliphatic heterocycles. The van der Waals surface area contributed by atoms with E-state index in [0.717, 1.165) is 0 Å². The standard InChI is InChI=1S/C16H35P.Pd/c1-14(2,3)17(15(4,5)6,16(7,8)9)12-10-11-13-17;/h10-13H2,1-9H3;. The summed E-state index contributed by atoms with van der Waals surface area (Å²) in [5.41, 5.74) is 0. The van der Waals surface area contributed by atoms with E-state index in [0.29, 0.717) is 15.5 Å². The van der Waals surface area contributed by atoms with Gasteiger partial charge < -0.3 is 0 Å². The molecule has 0 nitrogen and oxygen atoms in total. The van der Waals surface area contributed by atoms with Crippen LogP contribution in [0.4, 0.5) is 0 Å². The van der Waals surface area contributed by atoms with Gasteiger partial charge in [-0.1, -0.05) is 0 Å². The molecule has 1 saturated heterocycles. The first-order valence-electron chi connectivity index (χ1n) is 7.30. The molecule has 0 unspecified atom stereocenters. The number of hydrogen-bond donors (Lipinski definition) is 0. The second-order valence-corrected chi connectivity index (χ2v) is 17.1. The molecule has 0 aromatic rings. The van der Waals surface area contributed by atoms with Crippen molar-refractivity contribution in [1.82, 2.24) is 0 Å². The van der Waals surface area contributed by atoms with Gasteiger partial charge in [-0.15, -0.1) is 0 Å². The monoisotopic (exact) mass is 364 g/mol. The Hall–Kier alpha value is 1.09. The van der Waals surface area contributed by atoms with Gasteiger partial charge in [0.15, 0.2) is 0 Å². The minimum Gasteiger partial charge on any atom is 0 e. The van der Waals surface area contributed by atoms with Gasteiger partial charge in [-0.05, 0) is 0 Å². The normalized spacial score (nSPS) is 25.9. The molecule has 18 heavy (non-hydrogen) atoms. The van der Waals surface area contributed by atoms with Crippen LogP contribution in [0.5, 0.6) is 0 Å². The van der Waals surface area contributed by atoms with Crippen LogP contribution in [-0.2, 0) is 20.4 Å². The summed E-state index contributed by atoms with van der Waals surface area (Å²) in [7, 11) is 0. The average molecular weight is 365 g/mol. The second kappa shape index (κ2) is 4.83. The van der Waals surface area contributed by atoms with Crippen molar-refractivity contribution in [2.75, 3.05) is 12.3 Å². The zero-order chi connectivity index (χ0) is 13.8. The first kappa shape index (κ1) is 19.1. The van der Waals surface area contributed by atoms with Gasteiger partial charge in [0.05, 0.1) is 0 Å². The molecular weight excluding hydrogens is 330 g/mol. The SMILES string of the molecule is CC(C)(C)P1(C(C)(C)C)(C(C)(C)C)CCCC1.[Pd]. The van der Waals surface area contributed by atoms with Crippen LogP contribution in [-0.4, -0.2) is 27.8 Å². The Kier molecular flexibility index (Phi) is 5.12. The Balaban J connectivity index is 0.00000289. The fraction of sp³-hybridized carbons (Fsp3) is 1.00. The Morgan fingerprint density at radius 2 is 0.778 bits per heavy atom. The van der Waals surface area contributed by atoms with Crippen LogP contribution in [0.2, 0.25) is 0 Å². The number of hydrogen-bond acceptors (Lipinski definition) is 0. The molecule has 0 N–H and O–H groups in total. The molecule has 0 radical (unpaired) electrons. The predicted molar refractivity (Wildman–Crippen MR) is 85.1 cm³/mol. The molecule has 1 heterocycles. The molecule has 0 aromatic carbocycles. The third-order valence-electron chi connectivity index (χ3n) is 6.41. The Morgan fingerprint density at radius 3 is 0.889 bits per heavy atom. The van der Waals surface area contributed by atoms with E-state index in [9.17, 15) is 0 Å². The molecule has 114 valence electrons. The van der Waals surface area contributed by atoms with Gasteiger partial charge in [0.1, 0.15) is 0 Å². The fourth-order valence-corrected chi connectivity index (χ4v) is 18.2. The molecule has 0 bridgehead atoms. The van der Waals surface area contributed by atoms with Crippen molar-refractivity contribution < 1.29 is 20.4 Å². The maximum atomic E-state index is 2.53. The summed E-state index contributed by atoms with van der Waals surface area (Å²) >= 11 is 0. The maximum absolute atomic E-state index is 2.53. The van der Waals surface area contributed by atoms with Crippen molar-refractivity contribution in [3.05, 3.63) is 0 Å². The van der Waals surface area contributed by atoms with E-state index in [2.05, 4.69) is 62.3 Å². The summed E-state index contributed by atoms with van der Waals surface area (Å²) in [6, 6.07) is 0. The van der Waals surface area contributed by atoms with Gasteiger partial charge in [-0.25, -0.2) is 0 Å². The maximum Gasteiger partial charge on any atom is 0 e. The van der Waals surface area contributed by atoms with Crippen LogP contribution in [0.25, 0.3) is 0 Å². The molecule has 2 heteroatoms. The molecule has 1 fully saturated rings. The predicted octanol–water partition coefficient (Wildman–Crippen LogP) is 5.73. The van der Waals surface area contributed by atoms with E-state index in [-0.39, 0.29) is 20.4 Å². The van der Waals surface area contributed by atoms with Crippen molar-refractivity contribution in [3.8, 4) is 0 Å². The van der Waals surface area contributed by atoms with E-state index in [1.165, 1.54) is 25.2 Å². The van der Waals surface area contributed by atoms with E-state index >= 15 is 0 Å². The molecule has 0 aliphatic carbocycles. The summed E-state index contributed by atoms with van der Waals surface area (Å²) in [5, 5.41) is 1.41. The molecular formula is C16H35PPd. The van der Waals surface area contributed by atoms with Gasteiger partial charge in [0, 0.05) is 20.4 Å². The van der Waals surface area contributed by atoms with Crippen LogP contribution in [0, 0.1) is 0 Å². The van der Waals surface area contributed by atoms with Crippen LogP contribution in [0.3, 0.4) is 0 Å². The average Bonchev–Trinajstić information content (AvgIpc) is 2.43. The first-order valence-corrected chi connectivity index (χ1v) is 9.91. The Labute approximate surface area is 130 Å². The zero-order valence-corrected chi connectivity index (χ0v) is 16.5. The van der Waals surface area contributed by atoms with Gasteiger partial charge in [0.25, 0.3) is 0 Å². The molecule has 0 saturated carbocycles. The van der Waals surface area contributed by atoms with E-state index in [1.54, 1.807) is 0 Å². The molecule has 1 aliphatic rings. The minimum atomic E-state index is -1.78. The third kappa shape index (κ3) is 1.91. The van der Waals surface area contributed by atoms with E-state index < -0.39 is 6.60 Å². The molecule has 0 aromatic heterocycles. The zero-order valence-electron chi connectivity index (χ0n) is 14.1. The quantitative estimate of drug-likeness (QED) is 0.380. The van der Waals surface area contributed by atoms with Gasteiger partial charge in [-0.3, -0.25) is 0 Å². The second-order valence-electron chi connectivity index (χ2n) is 9.17. The summed E-state index contributed by atoms with van der Waals surface area (Å²) in [6.45, 7) is 21.0. The fourth-order valence-electron chi connectivity index (χ4n) is 6.06. The summed E-state index contributed by atoms with van der Waals surface area (Å²) in [4.78, 5) is 0. The van der Waals surface area contributed by atoms with Crippen LogP contribution in [0.15, 0.2) is 0 Å². The van der Waals surface area contributed by atoms with E-state index in [1.807, 2.05) is 0 Å². The summed E-state index contributed by atoms with van der Waals surface area (Å²) in [5.74, 6) is 0. The smallest absolute Gasteiger partial charge is 0 e. The summed E-state index contributed by atoms with van der Waals surface area (Å²) < 4.78 is 0. The molecule has 0 spiro atoms. The van der Waals surface area contributed by atoms with Crippen LogP contribution >= 0.6 is 6.60 Å². The topological polar surface area (TPSA) is 0 Å². The Bertz CT molecular complexity index is 250. The van der Waals surface area contributed by atoms with Crippen LogP contribution in [0.1, 0.15) is 75.2 Å². The van der Waals surface area contributed by atoms with Crippen LogP contribution < -0.4 is 0 Å². The molecule has 1 rings (SSSR count). The molecule has 0 amide bonds. The van der Waals surface area contributed by atoms with Crippen molar-refractivity contribution in [3.63, 3.8) is 0 Å². The Morgan fingerprint density at radius 1 is 0.556 bits per heavy atom. The van der Waals surface area contributed by atoms with Gasteiger partial charge in [0.2, 0.25) is 0 Å². The van der Waals surface area contributed by atoms with Crippen molar-refractivity contribution in [1.29, 1.82) is 0 Å². The minimum absolute atomic E-state index is 0. The van der Waals surface area contributed by atoms with Crippen molar-refractivity contribution >= 4 is 6.60 Å². The van der Waals surface area contributed by atoms with Crippen molar-refractivity contribution in [2.45, 2.75) is 90.6 Å². The van der Waals surface area contributed by atoms with Gasteiger partial charge >= 0.3 is 110 Å². The third-order valence-corrected chi connectivity index (χ3v) is 18.7.